The summed E-state index contributed by atoms with van der Waals surface area (Å²) in [6, 6.07) is 11.0. The predicted molar refractivity (Wildman–Crippen MR) is 83.7 cm³/mol. The maximum absolute atomic E-state index is 11.8. The number of halogens is 1. The molecule has 0 radical (unpaired) electrons. The summed E-state index contributed by atoms with van der Waals surface area (Å²) >= 11 is 5.98. The number of fused-ring (bicyclic) bond motifs is 1. The normalized spacial score (nSPS) is 18.3. The highest BCUT2D eigenvalue weighted by atomic mass is 35.5. The fourth-order valence-corrected chi connectivity index (χ4v) is 2.95. The molecule has 108 valence electrons. The molecule has 0 aromatic heterocycles. The molecule has 0 spiro atoms. The molecule has 4 heteroatoms. The molecule has 0 saturated carbocycles. The van der Waals surface area contributed by atoms with Crippen LogP contribution in [-0.2, 0) is 4.79 Å². The highest BCUT2D eigenvalue weighted by molar-refractivity contribution is 6.30. The summed E-state index contributed by atoms with van der Waals surface area (Å²) in [6.45, 7) is 3.81. The Morgan fingerprint density at radius 3 is 2.71 bits per heavy atom. The first-order valence-corrected chi connectivity index (χ1v) is 7.24. The number of carbonyl (C=O) groups excluding carboxylic acids is 1. The SMILES string of the molecule is Cc1cc(C(O)c2cccc(Cl)c2)cc2c1NC(=O)C2C. The largest absolute Gasteiger partial charge is 0.384 e. The number of hydrogen-bond donors (Lipinski definition) is 2. The van der Waals surface area contributed by atoms with Gasteiger partial charge < -0.3 is 10.4 Å². The second-order valence-electron chi connectivity index (χ2n) is 5.47. The molecule has 0 bridgehead atoms. The van der Waals surface area contributed by atoms with Gasteiger partial charge in [0.15, 0.2) is 0 Å². The molecule has 1 heterocycles. The van der Waals surface area contributed by atoms with Gasteiger partial charge in [-0.05, 0) is 54.3 Å². The van der Waals surface area contributed by atoms with Crippen LogP contribution in [0.2, 0.25) is 5.02 Å². The summed E-state index contributed by atoms with van der Waals surface area (Å²) in [4.78, 5) is 11.8. The fourth-order valence-electron chi connectivity index (χ4n) is 2.76. The zero-order valence-electron chi connectivity index (χ0n) is 11.9. The molecule has 2 atom stereocenters. The van der Waals surface area contributed by atoms with Crippen LogP contribution in [0.4, 0.5) is 5.69 Å². The molecule has 0 fully saturated rings. The van der Waals surface area contributed by atoms with E-state index in [1.165, 1.54) is 0 Å². The van der Waals surface area contributed by atoms with Crippen LogP contribution in [0.3, 0.4) is 0 Å². The van der Waals surface area contributed by atoms with E-state index in [2.05, 4.69) is 5.32 Å². The molecule has 2 aromatic rings. The average Bonchev–Trinajstić information content (AvgIpc) is 2.75. The van der Waals surface area contributed by atoms with E-state index < -0.39 is 6.10 Å². The van der Waals surface area contributed by atoms with Crippen molar-refractivity contribution in [3.8, 4) is 0 Å². The minimum absolute atomic E-state index is 0.00231. The third-order valence-corrected chi connectivity index (χ3v) is 4.21. The van der Waals surface area contributed by atoms with Crippen LogP contribution in [0.15, 0.2) is 36.4 Å². The lowest BCUT2D eigenvalue weighted by Crippen LogP contribution is -2.08. The number of carbonyl (C=O) groups is 1. The Morgan fingerprint density at radius 1 is 1.24 bits per heavy atom. The van der Waals surface area contributed by atoms with Crippen LogP contribution < -0.4 is 5.32 Å². The summed E-state index contributed by atoms with van der Waals surface area (Å²) in [7, 11) is 0. The van der Waals surface area contributed by atoms with Gasteiger partial charge >= 0.3 is 0 Å². The molecule has 1 aliphatic heterocycles. The average molecular weight is 302 g/mol. The predicted octanol–water partition coefficient (Wildman–Crippen LogP) is 3.79. The summed E-state index contributed by atoms with van der Waals surface area (Å²) < 4.78 is 0. The summed E-state index contributed by atoms with van der Waals surface area (Å²) in [5.74, 6) is -0.187. The van der Waals surface area contributed by atoms with E-state index in [4.69, 9.17) is 11.6 Å². The zero-order valence-corrected chi connectivity index (χ0v) is 12.6. The zero-order chi connectivity index (χ0) is 15.1. The third-order valence-electron chi connectivity index (χ3n) is 3.98. The number of amides is 1. The van der Waals surface area contributed by atoms with Crippen LogP contribution in [0.1, 0.15) is 41.2 Å². The molecule has 0 saturated heterocycles. The fraction of sp³-hybridized carbons (Fsp3) is 0.235. The Hall–Kier alpha value is -1.84. The molecule has 3 nitrogen and oxygen atoms in total. The van der Waals surface area contributed by atoms with Gasteiger partial charge in [0.1, 0.15) is 6.10 Å². The third kappa shape index (κ3) is 2.43. The number of benzene rings is 2. The molecule has 21 heavy (non-hydrogen) atoms. The number of aliphatic hydroxyl groups excluding tert-OH is 1. The maximum Gasteiger partial charge on any atom is 0.231 e. The second kappa shape index (κ2) is 5.17. The van der Waals surface area contributed by atoms with Gasteiger partial charge in [0.05, 0.1) is 5.92 Å². The van der Waals surface area contributed by atoms with Crippen molar-refractivity contribution in [3.63, 3.8) is 0 Å². The molecule has 3 rings (SSSR count). The first-order chi connectivity index (χ1) is 9.97. The van der Waals surface area contributed by atoms with Gasteiger partial charge in [-0.25, -0.2) is 0 Å². The van der Waals surface area contributed by atoms with Crippen molar-refractivity contribution >= 4 is 23.2 Å². The van der Waals surface area contributed by atoms with Gasteiger partial charge in [0.25, 0.3) is 0 Å². The lowest BCUT2D eigenvalue weighted by atomic mass is 9.93. The minimum atomic E-state index is -0.754. The topological polar surface area (TPSA) is 49.3 Å². The quantitative estimate of drug-likeness (QED) is 0.886. The van der Waals surface area contributed by atoms with Gasteiger partial charge in [-0.1, -0.05) is 29.8 Å². The maximum atomic E-state index is 11.8. The molecule has 1 amide bonds. The van der Waals surface area contributed by atoms with Crippen molar-refractivity contribution in [1.29, 1.82) is 0 Å². The molecule has 2 aromatic carbocycles. The van der Waals surface area contributed by atoms with Crippen LogP contribution in [0.25, 0.3) is 0 Å². The number of nitrogens with one attached hydrogen (secondary N) is 1. The van der Waals surface area contributed by atoms with Crippen molar-refractivity contribution in [2.45, 2.75) is 25.9 Å². The second-order valence-corrected chi connectivity index (χ2v) is 5.91. The Labute approximate surface area is 128 Å². The van der Waals surface area contributed by atoms with E-state index in [9.17, 15) is 9.90 Å². The van der Waals surface area contributed by atoms with Crippen molar-refractivity contribution < 1.29 is 9.90 Å². The van der Waals surface area contributed by atoms with E-state index in [-0.39, 0.29) is 11.8 Å². The number of hydrogen-bond acceptors (Lipinski definition) is 2. The summed E-state index contributed by atoms with van der Waals surface area (Å²) in [5.41, 5.74) is 4.29. The number of aryl methyl sites for hydroxylation is 1. The van der Waals surface area contributed by atoms with Crippen molar-refractivity contribution in [2.24, 2.45) is 0 Å². The molecular formula is C17H16ClNO2. The smallest absolute Gasteiger partial charge is 0.231 e. The summed E-state index contributed by atoms with van der Waals surface area (Å²) in [5, 5.41) is 14.0. The number of rotatable bonds is 2. The number of anilines is 1. The van der Waals surface area contributed by atoms with Crippen LogP contribution in [0, 0.1) is 6.92 Å². The van der Waals surface area contributed by atoms with Crippen LogP contribution in [0.5, 0.6) is 0 Å². The van der Waals surface area contributed by atoms with E-state index in [1.807, 2.05) is 38.1 Å². The van der Waals surface area contributed by atoms with Gasteiger partial charge in [-0.15, -0.1) is 0 Å². The molecule has 1 aliphatic rings. The van der Waals surface area contributed by atoms with Crippen molar-refractivity contribution in [2.75, 3.05) is 5.32 Å². The molecule has 2 N–H and O–H groups in total. The van der Waals surface area contributed by atoms with E-state index in [0.29, 0.717) is 5.02 Å². The first kappa shape index (κ1) is 14.1. The Kier molecular flexibility index (Phi) is 3.47. The highest BCUT2D eigenvalue weighted by Gasteiger charge is 2.29. The number of aliphatic hydroxyl groups is 1. The van der Waals surface area contributed by atoms with Gasteiger partial charge in [0, 0.05) is 10.7 Å². The van der Waals surface area contributed by atoms with Crippen molar-refractivity contribution in [1.82, 2.24) is 0 Å². The molecule has 2 unspecified atom stereocenters. The van der Waals surface area contributed by atoms with Gasteiger partial charge in [-0.2, -0.15) is 0 Å². The van der Waals surface area contributed by atoms with Crippen LogP contribution in [-0.4, -0.2) is 11.0 Å². The Bertz CT molecular complexity index is 727. The lowest BCUT2D eigenvalue weighted by molar-refractivity contribution is -0.116. The van der Waals surface area contributed by atoms with Gasteiger partial charge in [0.2, 0.25) is 5.91 Å². The first-order valence-electron chi connectivity index (χ1n) is 6.86. The van der Waals surface area contributed by atoms with Crippen molar-refractivity contribution in [3.05, 3.63) is 63.7 Å². The minimum Gasteiger partial charge on any atom is -0.384 e. The Morgan fingerprint density at radius 2 is 2.00 bits per heavy atom. The Balaban J connectivity index is 2.05. The van der Waals surface area contributed by atoms with Crippen LogP contribution >= 0.6 is 11.6 Å². The highest BCUT2D eigenvalue weighted by Crippen LogP contribution is 2.38. The molecular weight excluding hydrogens is 286 g/mol. The monoisotopic (exact) mass is 301 g/mol. The summed E-state index contributed by atoms with van der Waals surface area (Å²) in [6.07, 6.45) is -0.754. The van der Waals surface area contributed by atoms with E-state index in [1.54, 1.807) is 12.1 Å². The lowest BCUT2D eigenvalue weighted by Gasteiger charge is -2.15. The molecule has 0 aliphatic carbocycles. The van der Waals surface area contributed by atoms with E-state index >= 15 is 0 Å². The van der Waals surface area contributed by atoms with E-state index in [0.717, 1.165) is 27.9 Å². The standard InChI is InChI=1S/C17H16ClNO2/c1-9-6-12(8-14-10(2)17(21)19-15(9)14)16(20)11-4-3-5-13(18)7-11/h3-8,10,16,20H,1-2H3,(H,19,21). The van der Waals surface area contributed by atoms with Gasteiger partial charge in [-0.3, -0.25) is 4.79 Å².